The lowest BCUT2D eigenvalue weighted by molar-refractivity contribution is 0.824. The van der Waals surface area contributed by atoms with E-state index in [1.807, 2.05) is 0 Å². The maximum absolute atomic E-state index is 5.28. The first-order valence-corrected chi connectivity index (χ1v) is 15.0. The molecule has 0 saturated heterocycles. The average molecular weight is 489 g/mol. The zero-order valence-electron chi connectivity index (χ0n) is 24.3. The Morgan fingerprint density at radius 2 is 0.833 bits per heavy atom. The monoisotopic (exact) mass is 488 g/mol. The van der Waals surface area contributed by atoms with E-state index >= 15 is 0 Å². The molecular weight excluding hydrogens is 436 g/mol. The average Bonchev–Trinajstić information content (AvgIpc) is 2.88. The molecule has 0 aliphatic heterocycles. The Morgan fingerprint density at radius 1 is 0.472 bits per heavy atom. The first kappa shape index (κ1) is 30.0. The quantitative estimate of drug-likeness (QED) is 0.198. The fraction of sp³-hybridized carbons (Fsp3) is 0.588. The largest absolute Gasteiger partial charge is 0.252 e. The summed E-state index contributed by atoms with van der Waals surface area (Å²) in [5.41, 5.74) is 10.5. The van der Waals surface area contributed by atoms with Gasteiger partial charge in [0, 0.05) is 0 Å². The first-order chi connectivity index (χ1) is 17.6. The van der Waals surface area contributed by atoms with Gasteiger partial charge >= 0.3 is 0 Å². The molecule has 2 aromatic rings. The molecule has 0 heterocycles. The third-order valence-corrected chi connectivity index (χ3v) is 6.85. The van der Waals surface area contributed by atoms with Crippen molar-refractivity contribution in [1.82, 2.24) is 0 Å². The molecular formula is C34H52N2. The smallest absolute Gasteiger partial charge is 0.0636 e. The highest BCUT2D eigenvalue weighted by atomic mass is 14.8. The zero-order valence-corrected chi connectivity index (χ0v) is 24.3. The van der Waals surface area contributed by atoms with Gasteiger partial charge in [0.25, 0.3) is 0 Å². The van der Waals surface area contributed by atoms with E-state index in [4.69, 9.17) is 9.98 Å². The molecule has 0 unspecified atom stereocenters. The molecule has 2 rings (SSSR count). The van der Waals surface area contributed by atoms with Gasteiger partial charge in [0.2, 0.25) is 0 Å². The number of unbranched alkanes of at least 4 members (excludes halogenated alkanes) is 2. The standard InChI is InChI=1S/C34H52N2/c1-7-13-19-33(35-31-23-21-27(15-9-3)29(25-31)17-11-5)34(20-14-8-2)36-32-24-22-28(16-10-4)30(26-32)18-12-6/h21-26H,7-20H2,1-6H3. The summed E-state index contributed by atoms with van der Waals surface area (Å²) >= 11 is 0. The van der Waals surface area contributed by atoms with Gasteiger partial charge in [0.15, 0.2) is 0 Å². The van der Waals surface area contributed by atoms with E-state index in [0.29, 0.717) is 0 Å². The van der Waals surface area contributed by atoms with Gasteiger partial charge < -0.3 is 0 Å². The van der Waals surface area contributed by atoms with Crippen LogP contribution < -0.4 is 0 Å². The van der Waals surface area contributed by atoms with Crippen LogP contribution in [-0.4, -0.2) is 11.4 Å². The summed E-state index contributed by atoms with van der Waals surface area (Å²) in [6.07, 6.45) is 15.9. The van der Waals surface area contributed by atoms with Gasteiger partial charge in [-0.3, -0.25) is 9.98 Å². The maximum Gasteiger partial charge on any atom is 0.0636 e. The third kappa shape index (κ3) is 9.68. The Morgan fingerprint density at radius 3 is 1.17 bits per heavy atom. The van der Waals surface area contributed by atoms with Crippen LogP contribution in [0, 0.1) is 0 Å². The Hall–Kier alpha value is -2.22. The molecule has 2 aromatic carbocycles. The molecule has 0 amide bonds. The van der Waals surface area contributed by atoms with E-state index in [0.717, 1.165) is 62.7 Å². The van der Waals surface area contributed by atoms with Crippen molar-refractivity contribution in [3.05, 3.63) is 58.7 Å². The molecule has 0 bridgehead atoms. The number of hydrogen-bond acceptors (Lipinski definition) is 2. The van der Waals surface area contributed by atoms with Crippen LogP contribution in [0.4, 0.5) is 11.4 Å². The summed E-state index contributed by atoms with van der Waals surface area (Å²) in [6, 6.07) is 13.8. The molecule has 36 heavy (non-hydrogen) atoms. The SMILES string of the molecule is CCCCC(=Nc1ccc(CCC)c(CCC)c1)C(CCCC)=Nc1ccc(CCC)c(CCC)c1. The van der Waals surface area contributed by atoms with Crippen LogP contribution in [0.25, 0.3) is 0 Å². The minimum Gasteiger partial charge on any atom is -0.252 e. The second-order valence-corrected chi connectivity index (χ2v) is 10.2. The highest BCUT2D eigenvalue weighted by Crippen LogP contribution is 2.25. The van der Waals surface area contributed by atoms with Crippen LogP contribution in [0.5, 0.6) is 0 Å². The second kappa shape index (κ2) is 17.3. The summed E-state index contributed by atoms with van der Waals surface area (Å²) in [5, 5.41) is 0. The van der Waals surface area contributed by atoms with Gasteiger partial charge in [-0.05, 0) is 97.9 Å². The minimum absolute atomic E-state index is 0.995. The van der Waals surface area contributed by atoms with E-state index in [1.54, 1.807) is 0 Å². The fourth-order valence-corrected chi connectivity index (χ4v) is 4.92. The molecule has 0 atom stereocenters. The normalized spacial score (nSPS) is 12.4. The number of nitrogens with zero attached hydrogens (tertiary/aromatic N) is 2. The van der Waals surface area contributed by atoms with Crippen molar-refractivity contribution in [3.63, 3.8) is 0 Å². The fourth-order valence-electron chi connectivity index (χ4n) is 4.92. The lowest BCUT2D eigenvalue weighted by Gasteiger charge is -2.14. The zero-order chi connectivity index (χ0) is 26.2. The molecule has 0 radical (unpaired) electrons. The van der Waals surface area contributed by atoms with Crippen LogP contribution in [0.2, 0.25) is 0 Å². The van der Waals surface area contributed by atoms with E-state index in [1.165, 1.54) is 72.2 Å². The molecule has 2 heteroatoms. The van der Waals surface area contributed by atoms with Crippen LogP contribution in [0.3, 0.4) is 0 Å². The Bertz CT molecular complexity index is 888. The number of aliphatic imine (C=N–C) groups is 2. The van der Waals surface area contributed by atoms with Gasteiger partial charge in [-0.25, -0.2) is 0 Å². The number of rotatable bonds is 17. The molecule has 0 aliphatic carbocycles. The molecule has 2 nitrogen and oxygen atoms in total. The van der Waals surface area contributed by atoms with Gasteiger partial charge in [-0.15, -0.1) is 0 Å². The van der Waals surface area contributed by atoms with Crippen molar-refractivity contribution in [1.29, 1.82) is 0 Å². The van der Waals surface area contributed by atoms with Crippen molar-refractivity contribution >= 4 is 22.8 Å². The van der Waals surface area contributed by atoms with E-state index in [2.05, 4.69) is 77.9 Å². The molecule has 0 N–H and O–H groups in total. The van der Waals surface area contributed by atoms with Crippen LogP contribution >= 0.6 is 0 Å². The Kier molecular flexibility index (Phi) is 14.4. The molecule has 198 valence electrons. The summed E-state index contributed by atoms with van der Waals surface area (Å²) < 4.78 is 0. The maximum atomic E-state index is 5.28. The van der Waals surface area contributed by atoms with Gasteiger partial charge in [-0.1, -0.05) is 92.2 Å². The molecule has 0 fully saturated rings. The summed E-state index contributed by atoms with van der Waals surface area (Å²) in [6.45, 7) is 13.6. The summed E-state index contributed by atoms with van der Waals surface area (Å²) in [7, 11) is 0. The first-order valence-electron chi connectivity index (χ1n) is 15.0. The predicted octanol–water partition coefficient (Wildman–Crippen LogP) is 10.7. The van der Waals surface area contributed by atoms with Crippen LogP contribution in [-0.2, 0) is 25.7 Å². The molecule has 0 saturated carbocycles. The Balaban J connectivity index is 2.54. The number of aryl methyl sites for hydroxylation is 4. The highest BCUT2D eigenvalue weighted by molar-refractivity contribution is 6.43. The number of benzene rings is 2. The second-order valence-electron chi connectivity index (χ2n) is 10.2. The van der Waals surface area contributed by atoms with Crippen molar-refractivity contribution < 1.29 is 0 Å². The topological polar surface area (TPSA) is 24.7 Å². The van der Waals surface area contributed by atoms with Crippen LogP contribution in [0.1, 0.15) is 128 Å². The summed E-state index contributed by atoms with van der Waals surface area (Å²) in [5.74, 6) is 0. The van der Waals surface area contributed by atoms with Crippen molar-refractivity contribution in [3.8, 4) is 0 Å². The van der Waals surface area contributed by atoms with Gasteiger partial charge in [0.05, 0.1) is 22.8 Å². The van der Waals surface area contributed by atoms with E-state index in [9.17, 15) is 0 Å². The van der Waals surface area contributed by atoms with Crippen molar-refractivity contribution in [2.45, 2.75) is 131 Å². The predicted molar refractivity (Wildman–Crippen MR) is 162 cm³/mol. The Labute approximate surface area is 222 Å². The minimum atomic E-state index is 0.995. The lowest BCUT2D eigenvalue weighted by atomic mass is 9.98. The van der Waals surface area contributed by atoms with E-state index < -0.39 is 0 Å². The molecule has 0 aliphatic rings. The van der Waals surface area contributed by atoms with Crippen molar-refractivity contribution in [2.24, 2.45) is 9.98 Å². The van der Waals surface area contributed by atoms with Crippen molar-refractivity contribution in [2.75, 3.05) is 0 Å². The molecule has 0 spiro atoms. The van der Waals surface area contributed by atoms with Gasteiger partial charge in [0.1, 0.15) is 0 Å². The van der Waals surface area contributed by atoms with E-state index in [-0.39, 0.29) is 0 Å². The molecule has 0 aromatic heterocycles. The van der Waals surface area contributed by atoms with Gasteiger partial charge in [-0.2, -0.15) is 0 Å². The lowest BCUT2D eigenvalue weighted by Crippen LogP contribution is -2.14. The highest BCUT2D eigenvalue weighted by Gasteiger charge is 2.12. The third-order valence-electron chi connectivity index (χ3n) is 6.85. The number of hydrogen-bond donors (Lipinski definition) is 0. The summed E-state index contributed by atoms with van der Waals surface area (Å²) in [4.78, 5) is 10.6. The van der Waals surface area contributed by atoms with Crippen LogP contribution in [0.15, 0.2) is 46.4 Å².